The molecule has 80 valence electrons. The molecule has 0 aliphatic carbocycles. The second-order valence-corrected chi connectivity index (χ2v) is 4.15. The second-order valence-electron chi connectivity index (χ2n) is 4.15. The summed E-state index contributed by atoms with van der Waals surface area (Å²) in [7, 11) is 0. The summed E-state index contributed by atoms with van der Waals surface area (Å²) in [5.41, 5.74) is 0.108. The van der Waals surface area contributed by atoms with Crippen LogP contribution in [0.2, 0.25) is 0 Å². The molecule has 0 amide bonds. The number of rotatable bonds is 4. The Kier molecular flexibility index (Phi) is 4.91. The van der Waals surface area contributed by atoms with Gasteiger partial charge in [0, 0.05) is 12.2 Å². The second kappa shape index (κ2) is 5.42. The number of hydrogen-bond donors (Lipinski definition) is 1. The summed E-state index contributed by atoms with van der Waals surface area (Å²) in [6.07, 6.45) is 2.42. The zero-order valence-electron chi connectivity index (χ0n) is 8.74. The van der Waals surface area contributed by atoms with Gasteiger partial charge in [0.2, 0.25) is 0 Å². The predicted molar refractivity (Wildman–Crippen MR) is 51.8 cm³/mol. The third-order valence-corrected chi connectivity index (χ3v) is 1.46. The SMILES string of the molecule is CC(C)(C)CCOC(=O)/C=C/C(=O)O. The molecular formula is C10H16O4. The summed E-state index contributed by atoms with van der Waals surface area (Å²) in [4.78, 5) is 20.9. The maximum Gasteiger partial charge on any atom is 0.331 e. The van der Waals surface area contributed by atoms with Crippen molar-refractivity contribution in [1.29, 1.82) is 0 Å². The lowest BCUT2D eigenvalue weighted by Crippen LogP contribution is -2.12. The summed E-state index contributed by atoms with van der Waals surface area (Å²) in [5.74, 6) is -1.77. The van der Waals surface area contributed by atoms with Gasteiger partial charge in [0.25, 0.3) is 0 Å². The van der Waals surface area contributed by atoms with Gasteiger partial charge in [0.1, 0.15) is 0 Å². The van der Waals surface area contributed by atoms with Crippen molar-refractivity contribution in [1.82, 2.24) is 0 Å². The van der Waals surface area contributed by atoms with Crippen molar-refractivity contribution in [3.63, 3.8) is 0 Å². The number of carbonyl (C=O) groups excluding carboxylic acids is 1. The van der Waals surface area contributed by atoms with Crippen LogP contribution >= 0.6 is 0 Å². The normalized spacial score (nSPS) is 11.6. The van der Waals surface area contributed by atoms with Gasteiger partial charge >= 0.3 is 11.9 Å². The third-order valence-electron chi connectivity index (χ3n) is 1.46. The van der Waals surface area contributed by atoms with E-state index in [-0.39, 0.29) is 5.41 Å². The van der Waals surface area contributed by atoms with Crippen LogP contribution in [0.1, 0.15) is 27.2 Å². The van der Waals surface area contributed by atoms with Gasteiger partial charge in [-0.1, -0.05) is 20.8 Å². The minimum Gasteiger partial charge on any atom is -0.478 e. The highest BCUT2D eigenvalue weighted by atomic mass is 16.5. The fraction of sp³-hybridized carbons (Fsp3) is 0.600. The number of carbonyl (C=O) groups is 2. The van der Waals surface area contributed by atoms with E-state index in [9.17, 15) is 9.59 Å². The average Bonchev–Trinajstić information content (AvgIpc) is 1.98. The molecule has 0 aliphatic rings. The van der Waals surface area contributed by atoms with Crippen molar-refractivity contribution < 1.29 is 19.4 Å². The molecule has 0 heterocycles. The fourth-order valence-corrected chi connectivity index (χ4v) is 0.645. The van der Waals surface area contributed by atoms with Crippen molar-refractivity contribution in [2.24, 2.45) is 5.41 Å². The van der Waals surface area contributed by atoms with E-state index in [1.807, 2.05) is 20.8 Å². The molecule has 4 nitrogen and oxygen atoms in total. The number of carboxylic acids is 1. The van der Waals surface area contributed by atoms with E-state index in [4.69, 9.17) is 9.84 Å². The number of hydrogen-bond acceptors (Lipinski definition) is 3. The lowest BCUT2D eigenvalue weighted by Gasteiger charge is -2.16. The molecule has 0 aliphatic heterocycles. The van der Waals surface area contributed by atoms with E-state index < -0.39 is 11.9 Å². The number of ether oxygens (including phenoxy) is 1. The molecule has 0 fully saturated rings. The highest BCUT2D eigenvalue weighted by Gasteiger charge is 2.10. The van der Waals surface area contributed by atoms with Crippen LogP contribution in [0.3, 0.4) is 0 Å². The van der Waals surface area contributed by atoms with Crippen LogP contribution in [-0.4, -0.2) is 23.7 Å². The molecular weight excluding hydrogens is 184 g/mol. The molecule has 0 saturated heterocycles. The molecule has 0 saturated carbocycles. The first-order valence-electron chi connectivity index (χ1n) is 4.39. The quantitative estimate of drug-likeness (QED) is 0.553. The van der Waals surface area contributed by atoms with Crippen LogP contribution in [0.5, 0.6) is 0 Å². The number of esters is 1. The van der Waals surface area contributed by atoms with E-state index >= 15 is 0 Å². The van der Waals surface area contributed by atoms with Crippen molar-refractivity contribution in [2.75, 3.05) is 6.61 Å². The van der Waals surface area contributed by atoms with Gasteiger partial charge in [-0.2, -0.15) is 0 Å². The molecule has 14 heavy (non-hydrogen) atoms. The van der Waals surface area contributed by atoms with Crippen LogP contribution in [0.4, 0.5) is 0 Å². The molecule has 0 unspecified atom stereocenters. The Bertz CT molecular complexity index is 235. The van der Waals surface area contributed by atoms with Gasteiger partial charge in [-0.3, -0.25) is 0 Å². The van der Waals surface area contributed by atoms with Crippen LogP contribution in [0.15, 0.2) is 12.2 Å². The Morgan fingerprint density at radius 3 is 2.29 bits per heavy atom. The highest BCUT2D eigenvalue weighted by molar-refractivity contribution is 5.90. The van der Waals surface area contributed by atoms with E-state index in [1.54, 1.807) is 0 Å². The number of aliphatic carboxylic acids is 1. The number of carboxylic acid groups (broad SMARTS) is 1. The molecule has 0 bridgehead atoms. The molecule has 0 aromatic heterocycles. The zero-order chi connectivity index (χ0) is 11.2. The standard InChI is InChI=1S/C10H16O4/c1-10(2,3)6-7-14-9(13)5-4-8(11)12/h4-5H,6-7H2,1-3H3,(H,11,12)/b5-4+. The van der Waals surface area contributed by atoms with Crippen LogP contribution < -0.4 is 0 Å². The maximum absolute atomic E-state index is 10.9. The lowest BCUT2D eigenvalue weighted by atomic mass is 9.93. The minimum atomic E-state index is -1.15. The van der Waals surface area contributed by atoms with Crippen LogP contribution in [-0.2, 0) is 14.3 Å². The average molecular weight is 200 g/mol. The molecule has 0 spiro atoms. The van der Waals surface area contributed by atoms with Gasteiger partial charge < -0.3 is 9.84 Å². The summed E-state index contributed by atoms with van der Waals surface area (Å²) in [6.45, 7) is 6.42. The molecule has 4 heteroatoms. The Morgan fingerprint density at radius 2 is 1.86 bits per heavy atom. The van der Waals surface area contributed by atoms with Crippen LogP contribution in [0, 0.1) is 5.41 Å². The summed E-state index contributed by atoms with van der Waals surface area (Å²) < 4.78 is 4.78. The summed E-state index contributed by atoms with van der Waals surface area (Å²) >= 11 is 0. The Balaban J connectivity index is 3.71. The Labute approximate surface area is 83.6 Å². The molecule has 1 N–H and O–H groups in total. The maximum atomic E-state index is 10.9. The zero-order valence-corrected chi connectivity index (χ0v) is 8.74. The lowest BCUT2D eigenvalue weighted by molar-refractivity contribution is -0.139. The molecule has 0 rings (SSSR count). The Morgan fingerprint density at radius 1 is 1.29 bits per heavy atom. The Hall–Kier alpha value is -1.32. The van der Waals surface area contributed by atoms with Crippen LogP contribution in [0.25, 0.3) is 0 Å². The predicted octanol–water partition coefficient (Wildman–Crippen LogP) is 1.61. The molecule has 0 atom stereocenters. The highest BCUT2D eigenvalue weighted by Crippen LogP contribution is 2.17. The van der Waals surface area contributed by atoms with Crippen molar-refractivity contribution >= 4 is 11.9 Å². The van der Waals surface area contributed by atoms with Gasteiger partial charge in [-0.25, -0.2) is 9.59 Å². The van der Waals surface area contributed by atoms with Crippen molar-refractivity contribution in [2.45, 2.75) is 27.2 Å². The van der Waals surface area contributed by atoms with E-state index in [2.05, 4.69) is 0 Å². The smallest absolute Gasteiger partial charge is 0.331 e. The van der Waals surface area contributed by atoms with Gasteiger partial charge in [-0.05, 0) is 11.8 Å². The summed E-state index contributed by atoms with van der Waals surface area (Å²) in [5, 5.41) is 8.22. The first kappa shape index (κ1) is 12.7. The van der Waals surface area contributed by atoms with Gasteiger partial charge in [-0.15, -0.1) is 0 Å². The first-order valence-corrected chi connectivity index (χ1v) is 4.39. The van der Waals surface area contributed by atoms with Gasteiger partial charge in [0.05, 0.1) is 6.61 Å². The monoisotopic (exact) mass is 200 g/mol. The topological polar surface area (TPSA) is 63.6 Å². The minimum absolute atomic E-state index is 0.108. The van der Waals surface area contributed by atoms with Crippen molar-refractivity contribution in [3.8, 4) is 0 Å². The van der Waals surface area contributed by atoms with Gasteiger partial charge in [0.15, 0.2) is 0 Å². The molecule has 0 aromatic rings. The molecule has 0 radical (unpaired) electrons. The first-order chi connectivity index (χ1) is 6.31. The van der Waals surface area contributed by atoms with Crippen molar-refractivity contribution in [3.05, 3.63) is 12.2 Å². The van der Waals surface area contributed by atoms with E-state index in [0.29, 0.717) is 6.61 Å². The third kappa shape index (κ3) is 8.77. The summed E-state index contributed by atoms with van der Waals surface area (Å²) in [6, 6.07) is 0. The van der Waals surface area contributed by atoms with E-state index in [0.717, 1.165) is 18.6 Å². The largest absolute Gasteiger partial charge is 0.478 e. The molecule has 0 aromatic carbocycles. The fourth-order valence-electron chi connectivity index (χ4n) is 0.645. The van der Waals surface area contributed by atoms with E-state index in [1.165, 1.54) is 0 Å².